The molecule has 24 heavy (non-hydrogen) atoms. The maximum Gasteiger partial charge on any atom is 0.191 e. The Hall–Kier alpha value is -1.57. The van der Waals surface area contributed by atoms with Crippen LogP contribution in [0.4, 0.5) is 0 Å². The first-order valence-corrected chi connectivity index (χ1v) is 8.45. The summed E-state index contributed by atoms with van der Waals surface area (Å²) < 4.78 is 0. The van der Waals surface area contributed by atoms with Gasteiger partial charge < -0.3 is 15.6 Å². The van der Waals surface area contributed by atoms with Gasteiger partial charge >= 0.3 is 0 Å². The summed E-state index contributed by atoms with van der Waals surface area (Å²) >= 11 is 0. The van der Waals surface area contributed by atoms with Crippen LogP contribution < -0.4 is 10.6 Å². The van der Waals surface area contributed by atoms with Crippen molar-refractivity contribution in [3.8, 4) is 11.3 Å². The Morgan fingerprint density at radius 2 is 1.92 bits per heavy atom. The largest absolute Gasteiger partial charge is 0.357 e. The monoisotopic (exact) mass is 441 g/mol. The molecule has 0 saturated carbocycles. The number of H-pyrrole nitrogens is 1. The molecular weight excluding hydrogens is 413 g/mol. The highest BCUT2D eigenvalue weighted by molar-refractivity contribution is 14.0. The fourth-order valence-corrected chi connectivity index (χ4v) is 2.28. The van der Waals surface area contributed by atoms with Crippen LogP contribution in [-0.4, -0.2) is 29.0 Å². The van der Waals surface area contributed by atoms with Crippen molar-refractivity contribution in [1.82, 2.24) is 20.6 Å². The van der Waals surface area contributed by atoms with Gasteiger partial charge in [-0.25, -0.2) is 9.98 Å². The van der Waals surface area contributed by atoms with E-state index in [4.69, 9.17) is 0 Å². The van der Waals surface area contributed by atoms with Crippen LogP contribution >= 0.6 is 24.0 Å². The number of rotatable bonds is 8. The summed E-state index contributed by atoms with van der Waals surface area (Å²) in [5.41, 5.74) is 2.16. The summed E-state index contributed by atoms with van der Waals surface area (Å²) in [7, 11) is 0. The molecule has 1 heterocycles. The minimum atomic E-state index is 0. The SMILES string of the molecule is CCCCCNC(=NCc1ncc(-c2ccccc2)[nH]1)NCC.I. The second kappa shape index (κ2) is 11.9. The molecule has 3 N–H and O–H groups in total. The van der Waals surface area contributed by atoms with E-state index >= 15 is 0 Å². The Kier molecular flexibility index (Phi) is 10.1. The van der Waals surface area contributed by atoms with Gasteiger partial charge in [-0.05, 0) is 18.9 Å². The third kappa shape index (κ3) is 6.90. The molecule has 0 atom stereocenters. The van der Waals surface area contributed by atoms with Gasteiger partial charge in [0, 0.05) is 13.1 Å². The molecule has 6 heteroatoms. The summed E-state index contributed by atoms with van der Waals surface area (Å²) in [4.78, 5) is 12.3. The quantitative estimate of drug-likeness (QED) is 0.252. The van der Waals surface area contributed by atoms with Crippen LogP contribution in [0.15, 0.2) is 41.5 Å². The van der Waals surface area contributed by atoms with Crippen molar-refractivity contribution >= 4 is 29.9 Å². The normalized spacial score (nSPS) is 11.0. The van der Waals surface area contributed by atoms with Crippen molar-refractivity contribution in [3.05, 3.63) is 42.4 Å². The molecule has 0 fully saturated rings. The number of aliphatic imine (C=N–C) groups is 1. The summed E-state index contributed by atoms with van der Waals surface area (Å²) in [6.45, 7) is 6.63. The second-order valence-corrected chi connectivity index (χ2v) is 5.44. The minimum absolute atomic E-state index is 0. The molecule has 0 aliphatic heterocycles. The maximum absolute atomic E-state index is 4.59. The first kappa shape index (κ1) is 20.5. The Balaban J connectivity index is 0.00000288. The predicted octanol–water partition coefficient (Wildman–Crippen LogP) is 3.94. The smallest absolute Gasteiger partial charge is 0.191 e. The molecule has 0 saturated heterocycles. The summed E-state index contributed by atoms with van der Waals surface area (Å²) in [6, 6.07) is 10.2. The molecule has 5 nitrogen and oxygen atoms in total. The zero-order valence-electron chi connectivity index (χ0n) is 14.5. The van der Waals surface area contributed by atoms with Crippen LogP contribution in [0.5, 0.6) is 0 Å². The topological polar surface area (TPSA) is 65.1 Å². The molecule has 0 unspecified atom stereocenters. The van der Waals surface area contributed by atoms with Gasteiger partial charge in [-0.3, -0.25) is 0 Å². The summed E-state index contributed by atoms with van der Waals surface area (Å²) in [5, 5.41) is 6.63. The molecule has 0 aliphatic rings. The van der Waals surface area contributed by atoms with Gasteiger partial charge in [0.2, 0.25) is 0 Å². The van der Waals surface area contributed by atoms with Crippen LogP contribution in [0, 0.1) is 0 Å². The molecule has 0 amide bonds. The molecule has 2 rings (SSSR count). The number of aromatic nitrogens is 2. The number of imidazole rings is 1. The molecule has 132 valence electrons. The lowest BCUT2D eigenvalue weighted by Crippen LogP contribution is -2.37. The molecule has 0 bridgehead atoms. The first-order chi connectivity index (χ1) is 11.3. The molecule has 1 aromatic carbocycles. The number of hydrogen-bond donors (Lipinski definition) is 3. The number of guanidine groups is 1. The van der Waals surface area contributed by atoms with Crippen molar-refractivity contribution in [3.63, 3.8) is 0 Å². The number of hydrogen-bond acceptors (Lipinski definition) is 2. The average molecular weight is 441 g/mol. The Labute approximate surface area is 161 Å². The van der Waals surface area contributed by atoms with Crippen LogP contribution in [0.25, 0.3) is 11.3 Å². The molecule has 1 aromatic heterocycles. The third-order valence-corrected chi connectivity index (χ3v) is 3.52. The summed E-state index contributed by atoms with van der Waals surface area (Å²) in [5.74, 6) is 1.72. The minimum Gasteiger partial charge on any atom is -0.357 e. The predicted molar refractivity (Wildman–Crippen MR) is 112 cm³/mol. The van der Waals surface area contributed by atoms with E-state index in [-0.39, 0.29) is 24.0 Å². The van der Waals surface area contributed by atoms with Crippen LogP contribution in [0.2, 0.25) is 0 Å². The van der Waals surface area contributed by atoms with Crippen molar-refractivity contribution in [2.24, 2.45) is 4.99 Å². The van der Waals surface area contributed by atoms with Gasteiger partial charge in [0.25, 0.3) is 0 Å². The molecule has 0 radical (unpaired) electrons. The highest BCUT2D eigenvalue weighted by Gasteiger charge is 2.03. The fraction of sp³-hybridized carbons (Fsp3) is 0.444. The number of benzene rings is 1. The molecule has 2 aromatic rings. The van der Waals surface area contributed by atoms with Crippen LogP contribution in [0.1, 0.15) is 38.9 Å². The number of nitrogens with zero attached hydrogens (tertiary/aromatic N) is 2. The van der Waals surface area contributed by atoms with E-state index in [0.717, 1.165) is 36.1 Å². The highest BCUT2D eigenvalue weighted by atomic mass is 127. The van der Waals surface area contributed by atoms with Crippen molar-refractivity contribution in [2.75, 3.05) is 13.1 Å². The van der Waals surface area contributed by atoms with Gasteiger partial charge in [-0.2, -0.15) is 0 Å². The number of nitrogens with one attached hydrogen (secondary N) is 3. The maximum atomic E-state index is 4.59. The number of halogens is 1. The van der Waals surface area contributed by atoms with E-state index in [0.29, 0.717) is 6.54 Å². The Morgan fingerprint density at radius 1 is 1.12 bits per heavy atom. The molecule has 0 aliphatic carbocycles. The van der Waals surface area contributed by atoms with Gasteiger partial charge in [0.15, 0.2) is 5.96 Å². The number of unbranched alkanes of at least 4 members (excludes halogenated alkanes) is 2. The molecular formula is C18H28IN5. The average Bonchev–Trinajstić information content (AvgIpc) is 3.06. The highest BCUT2D eigenvalue weighted by Crippen LogP contribution is 2.16. The third-order valence-electron chi connectivity index (χ3n) is 3.52. The Morgan fingerprint density at radius 3 is 2.62 bits per heavy atom. The Bertz CT molecular complexity index is 594. The first-order valence-electron chi connectivity index (χ1n) is 8.45. The van der Waals surface area contributed by atoms with E-state index in [1.165, 1.54) is 19.3 Å². The van der Waals surface area contributed by atoms with Crippen molar-refractivity contribution in [1.29, 1.82) is 0 Å². The van der Waals surface area contributed by atoms with Gasteiger partial charge in [-0.1, -0.05) is 50.1 Å². The second-order valence-electron chi connectivity index (χ2n) is 5.44. The van der Waals surface area contributed by atoms with E-state index in [1.54, 1.807) is 0 Å². The lowest BCUT2D eigenvalue weighted by molar-refractivity contribution is 0.682. The van der Waals surface area contributed by atoms with Gasteiger partial charge in [0.1, 0.15) is 12.4 Å². The van der Waals surface area contributed by atoms with Gasteiger partial charge in [-0.15, -0.1) is 24.0 Å². The number of aromatic amines is 1. The van der Waals surface area contributed by atoms with E-state index in [9.17, 15) is 0 Å². The zero-order chi connectivity index (χ0) is 16.3. The van der Waals surface area contributed by atoms with E-state index < -0.39 is 0 Å². The lowest BCUT2D eigenvalue weighted by Gasteiger charge is -2.10. The van der Waals surface area contributed by atoms with E-state index in [1.807, 2.05) is 24.4 Å². The van der Waals surface area contributed by atoms with Crippen LogP contribution in [-0.2, 0) is 6.54 Å². The van der Waals surface area contributed by atoms with Crippen molar-refractivity contribution < 1.29 is 0 Å². The standard InChI is InChI=1S/C18H27N5.HI/c1-3-5-9-12-20-18(19-4-2)22-14-17-21-13-16(23-17)15-10-7-6-8-11-15;/h6-8,10-11,13H,3-5,9,12,14H2,1-2H3,(H,21,23)(H2,19,20,22);1H. The van der Waals surface area contributed by atoms with E-state index in [2.05, 4.69) is 51.6 Å². The van der Waals surface area contributed by atoms with Crippen molar-refractivity contribution in [2.45, 2.75) is 39.7 Å². The fourth-order valence-electron chi connectivity index (χ4n) is 2.28. The van der Waals surface area contributed by atoms with Gasteiger partial charge in [0.05, 0.1) is 11.9 Å². The zero-order valence-corrected chi connectivity index (χ0v) is 16.8. The lowest BCUT2D eigenvalue weighted by atomic mass is 10.2. The summed E-state index contributed by atoms with van der Waals surface area (Å²) in [6.07, 6.45) is 5.50. The van der Waals surface area contributed by atoms with Crippen LogP contribution in [0.3, 0.4) is 0 Å². The molecule has 0 spiro atoms.